The van der Waals surface area contributed by atoms with Crippen LogP contribution in [-0.4, -0.2) is 16.8 Å². The van der Waals surface area contributed by atoms with Gasteiger partial charge in [0.1, 0.15) is 0 Å². The molecule has 0 bridgehead atoms. The smallest absolute Gasteiger partial charge is 0.340 e. The molecular formula is C15H23NO2S. The Morgan fingerprint density at radius 1 is 1.37 bits per heavy atom. The molecule has 0 spiro atoms. The molecule has 3 nitrogen and oxygen atoms in total. The zero-order valence-corrected chi connectivity index (χ0v) is 13.1. The molecule has 2 N–H and O–H groups in total. The molecule has 106 valence electrons. The third kappa shape index (κ3) is 5.15. The number of thioether (sulfide) groups is 1. The van der Waals surface area contributed by atoms with Gasteiger partial charge in [0.05, 0.1) is 11.7 Å². The summed E-state index contributed by atoms with van der Waals surface area (Å²) in [6.07, 6.45) is -0.143. The van der Waals surface area contributed by atoms with Crippen LogP contribution in [0.25, 0.3) is 0 Å². The molecule has 4 heteroatoms. The summed E-state index contributed by atoms with van der Waals surface area (Å²) in [6.45, 7) is 10.1. The molecule has 0 aromatic heterocycles. The topological polar surface area (TPSA) is 52.3 Å². The molecule has 0 unspecified atom stereocenters. The summed E-state index contributed by atoms with van der Waals surface area (Å²) in [5.74, 6) is 0.412. The van der Waals surface area contributed by atoms with Gasteiger partial charge in [0, 0.05) is 16.2 Å². The molecule has 0 aliphatic rings. The van der Waals surface area contributed by atoms with Crippen LogP contribution in [0.5, 0.6) is 0 Å². The number of hydrogen-bond acceptors (Lipinski definition) is 4. The summed E-state index contributed by atoms with van der Waals surface area (Å²) in [5.41, 5.74) is 7.85. The standard InChI is InChI=1S/C15H23NO2S/c1-10(2)18-14(17)13-11(7-6-8-12(13)16)9-19-15(3,4)5/h6-8,10H,9,16H2,1-5H3. The molecule has 0 heterocycles. The second-order valence-corrected chi connectivity index (χ2v) is 7.54. The van der Waals surface area contributed by atoms with Crippen LogP contribution in [0.1, 0.15) is 50.5 Å². The first-order valence-corrected chi connectivity index (χ1v) is 7.41. The van der Waals surface area contributed by atoms with Crippen LogP contribution in [0.3, 0.4) is 0 Å². The molecule has 0 radical (unpaired) electrons. The van der Waals surface area contributed by atoms with E-state index in [4.69, 9.17) is 10.5 Å². The lowest BCUT2D eigenvalue weighted by molar-refractivity contribution is 0.0378. The normalized spacial score (nSPS) is 11.7. The van der Waals surface area contributed by atoms with Crippen LogP contribution in [-0.2, 0) is 10.5 Å². The van der Waals surface area contributed by atoms with Crippen molar-refractivity contribution in [1.82, 2.24) is 0 Å². The fraction of sp³-hybridized carbons (Fsp3) is 0.533. The number of carbonyl (C=O) groups is 1. The highest BCUT2D eigenvalue weighted by molar-refractivity contribution is 7.99. The molecule has 0 fully saturated rings. The number of nitrogen functional groups attached to an aromatic ring is 1. The molecule has 0 saturated carbocycles. The van der Waals surface area contributed by atoms with E-state index in [1.807, 2.05) is 26.0 Å². The predicted octanol–water partition coefficient (Wildman–Crippen LogP) is 3.87. The zero-order chi connectivity index (χ0) is 14.6. The zero-order valence-electron chi connectivity index (χ0n) is 12.3. The number of rotatable bonds is 4. The van der Waals surface area contributed by atoms with Crippen molar-refractivity contribution in [3.05, 3.63) is 29.3 Å². The van der Waals surface area contributed by atoms with Crippen LogP contribution in [0, 0.1) is 0 Å². The number of hydrogen-bond donors (Lipinski definition) is 1. The summed E-state index contributed by atoms with van der Waals surface area (Å²) in [7, 11) is 0. The fourth-order valence-corrected chi connectivity index (χ4v) is 2.39. The van der Waals surface area contributed by atoms with Crippen molar-refractivity contribution in [2.45, 2.75) is 51.2 Å². The maximum Gasteiger partial charge on any atom is 0.340 e. The van der Waals surface area contributed by atoms with Gasteiger partial charge in [-0.25, -0.2) is 4.79 Å². The Morgan fingerprint density at radius 3 is 2.53 bits per heavy atom. The number of anilines is 1. The quantitative estimate of drug-likeness (QED) is 0.672. The van der Waals surface area contributed by atoms with E-state index in [9.17, 15) is 4.79 Å². The van der Waals surface area contributed by atoms with Gasteiger partial charge in [-0.3, -0.25) is 0 Å². The number of carbonyl (C=O) groups excluding carboxylic acids is 1. The SMILES string of the molecule is CC(C)OC(=O)c1c(N)cccc1CSC(C)(C)C. The Labute approximate surface area is 119 Å². The van der Waals surface area contributed by atoms with Crippen LogP contribution in [0.2, 0.25) is 0 Å². The molecule has 0 aliphatic carbocycles. The van der Waals surface area contributed by atoms with E-state index in [0.717, 1.165) is 11.3 Å². The van der Waals surface area contributed by atoms with Crippen LogP contribution in [0.4, 0.5) is 5.69 Å². The van der Waals surface area contributed by atoms with E-state index < -0.39 is 0 Å². The Kier molecular flexibility index (Phi) is 5.29. The summed E-state index contributed by atoms with van der Waals surface area (Å²) < 4.78 is 5.40. The predicted molar refractivity (Wildman–Crippen MR) is 82.5 cm³/mol. The van der Waals surface area contributed by atoms with Gasteiger partial charge < -0.3 is 10.5 Å². The van der Waals surface area contributed by atoms with E-state index in [0.29, 0.717) is 11.3 Å². The van der Waals surface area contributed by atoms with Gasteiger partial charge in [-0.1, -0.05) is 32.9 Å². The molecule has 0 saturated heterocycles. The van der Waals surface area contributed by atoms with Gasteiger partial charge >= 0.3 is 5.97 Å². The van der Waals surface area contributed by atoms with Gasteiger partial charge in [-0.15, -0.1) is 0 Å². The molecule has 19 heavy (non-hydrogen) atoms. The molecule has 0 amide bonds. The van der Waals surface area contributed by atoms with E-state index in [-0.39, 0.29) is 16.8 Å². The largest absolute Gasteiger partial charge is 0.459 e. The van der Waals surface area contributed by atoms with E-state index >= 15 is 0 Å². The number of benzene rings is 1. The second-order valence-electron chi connectivity index (χ2n) is 5.74. The molecule has 1 rings (SSSR count). The average molecular weight is 281 g/mol. The van der Waals surface area contributed by atoms with Crippen molar-refractivity contribution < 1.29 is 9.53 Å². The van der Waals surface area contributed by atoms with E-state index in [2.05, 4.69) is 20.8 Å². The maximum atomic E-state index is 12.1. The summed E-state index contributed by atoms with van der Waals surface area (Å²) in [4.78, 5) is 12.1. The molecule has 1 aromatic rings. The first-order valence-electron chi connectivity index (χ1n) is 6.43. The Hall–Kier alpha value is -1.16. The van der Waals surface area contributed by atoms with Gasteiger partial charge in [0.25, 0.3) is 0 Å². The van der Waals surface area contributed by atoms with Crippen molar-refractivity contribution in [3.8, 4) is 0 Å². The van der Waals surface area contributed by atoms with Gasteiger partial charge in [-0.05, 0) is 25.5 Å². The van der Waals surface area contributed by atoms with E-state index in [1.54, 1.807) is 17.8 Å². The second kappa shape index (κ2) is 6.33. The highest BCUT2D eigenvalue weighted by Gasteiger charge is 2.19. The molecule has 0 atom stereocenters. The van der Waals surface area contributed by atoms with Gasteiger partial charge in [0.15, 0.2) is 0 Å². The lowest BCUT2D eigenvalue weighted by Crippen LogP contribution is -2.16. The minimum absolute atomic E-state index is 0.143. The first kappa shape index (κ1) is 15.9. The minimum Gasteiger partial charge on any atom is -0.459 e. The van der Waals surface area contributed by atoms with Crippen LogP contribution >= 0.6 is 11.8 Å². The lowest BCUT2D eigenvalue weighted by atomic mass is 10.1. The van der Waals surface area contributed by atoms with Crippen molar-refractivity contribution in [2.75, 3.05) is 5.73 Å². The first-order chi connectivity index (χ1) is 8.70. The monoisotopic (exact) mass is 281 g/mol. The Bertz CT molecular complexity index is 450. The van der Waals surface area contributed by atoms with Crippen molar-refractivity contribution in [1.29, 1.82) is 0 Å². The van der Waals surface area contributed by atoms with E-state index in [1.165, 1.54) is 0 Å². The number of esters is 1. The van der Waals surface area contributed by atoms with Crippen molar-refractivity contribution in [2.24, 2.45) is 0 Å². The van der Waals surface area contributed by atoms with Gasteiger partial charge in [-0.2, -0.15) is 11.8 Å². The van der Waals surface area contributed by atoms with Crippen molar-refractivity contribution in [3.63, 3.8) is 0 Å². The number of ether oxygens (including phenoxy) is 1. The molecular weight excluding hydrogens is 258 g/mol. The Balaban J connectivity index is 2.98. The third-order valence-electron chi connectivity index (χ3n) is 2.39. The maximum absolute atomic E-state index is 12.1. The molecule has 1 aromatic carbocycles. The fourth-order valence-electron chi connectivity index (χ4n) is 1.56. The summed E-state index contributed by atoms with van der Waals surface area (Å²) in [6, 6.07) is 5.55. The van der Waals surface area contributed by atoms with Gasteiger partial charge in [0.2, 0.25) is 0 Å². The number of nitrogens with two attached hydrogens (primary N) is 1. The highest BCUT2D eigenvalue weighted by Crippen LogP contribution is 2.30. The summed E-state index contributed by atoms with van der Waals surface area (Å²) >= 11 is 1.78. The summed E-state index contributed by atoms with van der Waals surface area (Å²) in [5, 5.41) is 0. The van der Waals surface area contributed by atoms with Crippen LogP contribution < -0.4 is 5.73 Å². The molecule has 0 aliphatic heterocycles. The minimum atomic E-state index is -0.336. The van der Waals surface area contributed by atoms with Crippen LogP contribution in [0.15, 0.2) is 18.2 Å². The highest BCUT2D eigenvalue weighted by atomic mass is 32.2. The third-order valence-corrected chi connectivity index (χ3v) is 3.71. The average Bonchev–Trinajstić information content (AvgIpc) is 2.24. The lowest BCUT2D eigenvalue weighted by Gasteiger charge is -2.19. The Morgan fingerprint density at radius 2 is 2.00 bits per heavy atom. The van der Waals surface area contributed by atoms with Crippen molar-refractivity contribution >= 4 is 23.4 Å².